The molecule has 124 valence electrons. The number of nitrogens with zero attached hydrogens (tertiary/aromatic N) is 5. The Kier molecular flexibility index (Phi) is 3.29. The van der Waals surface area contributed by atoms with E-state index in [1.165, 1.54) is 47.9 Å². The van der Waals surface area contributed by atoms with E-state index in [9.17, 15) is 0 Å². The van der Waals surface area contributed by atoms with E-state index >= 15 is 0 Å². The van der Waals surface area contributed by atoms with Crippen molar-refractivity contribution < 1.29 is 0 Å². The van der Waals surface area contributed by atoms with Crippen molar-refractivity contribution in [3.8, 4) is 0 Å². The van der Waals surface area contributed by atoms with Gasteiger partial charge >= 0.3 is 0 Å². The lowest BCUT2D eigenvalue weighted by atomic mass is 9.97. The Balaban J connectivity index is 1.51. The van der Waals surface area contributed by atoms with Crippen LogP contribution in [0, 0.1) is 6.92 Å². The van der Waals surface area contributed by atoms with Gasteiger partial charge in [0.2, 0.25) is 0 Å². The van der Waals surface area contributed by atoms with Crippen molar-refractivity contribution in [3.05, 3.63) is 28.4 Å². The van der Waals surface area contributed by atoms with Crippen molar-refractivity contribution in [1.82, 2.24) is 24.7 Å². The van der Waals surface area contributed by atoms with Crippen molar-refractivity contribution in [2.75, 3.05) is 5.32 Å². The predicted octanol–water partition coefficient (Wildman–Crippen LogP) is 3.42. The summed E-state index contributed by atoms with van der Waals surface area (Å²) in [6.45, 7) is 2.63. The van der Waals surface area contributed by atoms with E-state index in [0.29, 0.717) is 12.6 Å². The summed E-state index contributed by atoms with van der Waals surface area (Å²) in [6, 6.07) is 0.595. The van der Waals surface area contributed by atoms with Crippen LogP contribution in [0.2, 0.25) is 0 Å². The van der Waals surface area contributed by atoms with Gasteiger partial charge in [-0.1, -0.05) is 0 Å². The minimum Gasteiger partial charge on any atom is -0.362 e. The second kappa shape index (κ2) is 5.51. The molecule has 0 unspecified atom stereocenters. The summed E-state index contributed by atoms with van der Waals surface area (Å²) in [7, 11) is 0. The molecule has 3 heterocycles. The van der Waals surface area contributed by atoms with Gasteiger partial charge in [-0.2, -0.15) is 0 Å². The molecule has 3 aromatic rings. The summed E-state index contributed by atoms with van der Waals surface area (Å²) in [5.41, 5.74) is 1.47. The lowest BCUT2D eigenvalue weighted by Crippen LogP contribution is -2.10. The molecule has 2 aliphatic carbocycles. The molecule has 0 aromatic carbocycles. The number of nitrogens with one attached hydrogen (secondary N) is 1. The fourth-order valence-corrected chi connectivity index (χ4v) is 4.91. The van der Waals surface area contributed by atoms with E-state index in [1.54, 1.807) is 0 Å². The Morgan fingerprint density at radius 2 is 2.12 bits per heavy atom. The summed E-state index contributed by atoms with van der Waals surface area (Å²) in [5.74, 6) is 2.78. The van der Waals surface area contributed by atoms with Crippen LogP contribution in [0.25, 0.3) is 10.2 Å². The highest BCUT2D eigenvalue weighted by Crippen LogP contribution is 2.39. The molecule has 24 heavy (non-hydrogen) atoms. The third-order valence-electron chi connectivity index (χ3n) is 4.93. The maximum absolute atomic E-state index is 4.70. The average Bonchev–Trinajstić information content (AvgIpc) is 3.19. The Labute approximate surface area is 144 Å². The van der Waals surface area contributed by atoms with Gasteiger partial charge in [0.05, 0.1) is 11.9 Å². The zero-order valence-electron chi connectivity index (χ0n) is 13.7. The summed E-state index contributed by atoms with van der Waals surface area (Å²) < 4.78 is 2.20. The van der Waals surface area contributed by atoms with Gasteiger partial charge in [0.25, 0.3) is 0 Å². The maximum atomic E-state index is 4.70. The van der Waals surface area contributed by atoms with Crippen LogP contribution in [-0.4, -0.2) is 24.7 Å². The molecule has 6 nitrogen and oxygen atoms in total. The molecular weight excluding hydrogens is 320 g/mol. The summed E-state index contributed by atoms with van der Waals surface area (Å²) in [4.78, 5) is 12.0. The van der Waals surface area contributed by atoms with Crippen molar-refractivity contribution in [3.63, 3.8) is 0 Å². The first-order valence-corrected chi connectivity index (χ1v) is 9.52. The highest BCUT2D eigenvalue weighted by molar-refractivity contribution is 7.19. The molecule has 0 amide bonds. The van der Waals surface area contributed by atoms with E-state index < -0.39 is 0 Å². The van der Waals surface area contributed by atoms with Crippen LogP contribution < -0.4 is 5.32 Å². The number of aryl methyl sites for hydroxylation is 3. The van der Waals surface area contributed by atoms with Gasteiger partial charge in [-0.3, -0.25) is 0 Å². The first-order chi connectivity index (χ1) is 11.8. The molecule has 5 rings (SSSR count). The van der Waals surface area contributed by atoms with E-state index in [1.807, 2.05) is 24.6 Å². The number of thiophene rings is 1. The third-order valence-corrected chi connectivity index (χ3v) is 6.11. The molecule has 0 aliphatic heterocycles. The van der Waals surface area contributed by atoms with Crippen molar-refractivity contribution in [2.24, 2.45) is 0 Å². The zero-order valence-corrected chi connectivity index (χ0v) is 14.6. The van der Waals surface area contributed by atoms with Gasteiger partial charge in [0.1, 0.15) is 22.8 Å². The van der Waals surface area contributed by atoms with Crippen molar-refractivity contribution in [1.29, 1.82) is 0 Å². The molecule has 0 saturated heterocycles. The number of aromatic nitrogens is 5. The first-order valence-electron chi connectivity index (χ1n) is 8.71. The molecule has 1 saturated carbocycles. The van der Waals surface area contributed by atoms with Crippen LogP contribution in [0.15, 0.2) is 6.33 Å². The van der Waals surface area contributed by atoms with Gasteiger partial charge < -0.3 is 9.88 Å². The molecule has 0 bridgehead atoms. The van der Waals surface area contributed by atoms with Crippen LogP contribution in [0.3, 0.4) is 0 Å². The molecule has 1 fully saturated rings. The van der Waals surface area contributed by atoms with Crippen LogP contribution in [-0.2, 0) is 19.4 Å². The largest absolute Gasteiger partial charge is 0.362 e. The Morgan fingerprint density at radius 3 is 3.00 bits per heavy atom. The monoisotopic (exact) mass is 340 g/mol. The molecule has 7 heteroatoms. The number of anilines is 1. The summed E-state index contributed by atoms with van der Waals surface area (Å²) >= 11 is 1.85. The van der Waals surface area contributed by atoms with E-state index in [2.05, 4.69) is 25.1 Å². The molecule has 2 aliphatic rings. The average molecular weight is 340 g/mol. The highest BCUT2D eigenvalue weighted by atomic mass is 32.1. The standard InChI is InChI=1S/C17H20N6S/c1-10-20-16(18-8-14-22-19-9-23(14)11-6-7-11)15-12-4-2-3-5-13(12)24-17(15)21-10/h9,11H,2-8H2,1H3,(H,18,20,21). The second-order valence-corrected chi connectivity index (χ2v) is 7.83. The molecule has 0 atom stereocenters. The fraction of sp³-hybridized carbons (Fsp3) is 0.529. The lowest BCUT2D eigenvalue weighted by molar-refractivity contribution is 0.689. The van der Waals surface area contributed by atoms with Gasteiger partial charge in [0.15, 0.2) is 5.82 Å². The quantitative estimate of drug-likeness (QED) is 0.788. The molecule has 3 aromatic heterocycles. The van der Waals surface area contributed by atoms with Gasteiger partial charge in [-0.15, -0.1) is 21.5 Å². The SMILES string of the molecule is Cc1nc(NCc2nncn2C2CC2)c2c3c(sc2n1)CCCC3. The summed E-state index contributed by atoms with van der Waals surface area (Å²) in [5, 5.41) is 13.1. The summed E-state index contributed by atoms with van der Waals surface area (Å²) in [6.07, 6.45) is 9.21. The molecule has 0 radical (unpaired) electrons. The molecule has 1 N–H and O–H groups in total. The lowest BCUT2D eigenvalue weighted by Gasteiger charge is -2.13. The third kappa shape index (κ3) is 2.38. The van der Waals surface area contributed by atoms with E-state index in [4.69, 9.17) is 4.98 Å². The topological polar surface area (TPSA) is 68.5 Å². The van der Waals surface area contributed by atoms with E-state index in [-0.39, 0.29) is 0 Å². The minimum absolute atomic E-state index is 0.595. The number of fused-ring (bicyclic) bond motifs is 3. The van der Waals surface area contributed by atoms with Crippen LogP contribution >= 0.6 is 11.3 Å². The smallest absolute Gasteiger partial charge is 0.152 e. The van der Waals surface area contributed by atoms with Gasteiger partial charge in [-0.05, 0) is 51.0 Å². The highest BCUT2D eigenvalue weighted by Gasteiger charge is 2.26. The van der Waals surface area contributed by atoms with Crippen LogP contribution in [0.5, 0.6) is 0 Å². The van der Waals surface area contributed by atoms with Crippen LogP contribution in [0.1, 0.15) is 53.8 Å². The predicted molar refractivity (Wildman–Crippen MR) is 94.4 cm³/mol. The number of hydrogen-bond acceptors (Lipinski definition) is 6. The molecule has 0 spiro atoms. The zero-order chi connectivity index (χ0) is 16.1. The Hall–Kier alpha value is -2.02. The minimum atomic E-state index is 0.595. The van der Waals surface area contributed by atoms with Crippen molar-refractivity contribution in [2.45, 2.75) is 58.0 Å². The van der Waals surface area contributed by atoms with Gasteiger partial charge in [0, 0.05) is 10.9 Å². The second-order valence-electron chi connectivity index (χ2n) is 6.75. The normalized spacial score (nSPS) is 17.2. The fourth-order valence-electron chi connectivity index (χ4n) is 3.61. The number of hydrogen-bond donors (Lipinski definition) is 1. The Bertz CT molecular complexity index is 907. The van der Waals surface area contributed by atoms with Crippen LogP contribution in [0.4, 0.5) is 5.82 Å². The molecular formula is C17H20N6S. The first kappa shape index (κ1) is 14.3. The Morgan fingerprint density at radius 1 is 1.25 bits per heavy atom. The maximum Gasteiger partial charge on any atom is 0.152 e. The number of rotatable bonds is 4. The van der Waals surface area contributed by atoms with E-state index in [0.717, 1.165) is 28.7 Å². The van der Waals surface area contributed by atoms with Crippen molar-refractivity contribution >= 4 is 27.4 Å². The van der Waals surface area contributed by atoms with Gasteiger partial charge in [-0.25, -0.2) is 9.97 Å².